The molecule has 0 aliphatic carbocycles. The van der Waals surface area contributed by atoms with Crippen molar-refractivity contribution in [1.82, 2.24) is 5.32 Å². The van der Waals surface area contributed by atoms with E-state index in [1.54, 1.807) is 57.7 Å². The molecule has 3 aromatic carbocycles. The van der Waals surface area contributed by atoms with Crippen LogP contribution >= 0.6 is 0 Å². The Bertz CT molecular complexity index is 1520. The zero-order valence-corrected chi connectivity index (χ0v) is 28.5. The van der Waals surface area contributed by atoms with Crippen LogP contribution in [0, 0.1) is 6.92 Å². The zero-order chi connectivity index (χ0) is 32.7. The van der Waals surface area contributed by atoms with Gasteiger partial charge in [-0.2, -0.15) is 0 Å². The van der Waals surface area contributed by atoms with E-state index in [1.165, 1.54) is 0 Å². The first kappa shape index (κ1) is 34.2. The van der Waals surface area contributed by atoms with Crippen LogP contribution in [-0.4, -0.2) is 80.8 Å². The van der Waals surface area contributed by atoms with Gasteiger partial charge in [-0.05, 0) is 75.9 Å². The number of rotatable bonds is 14. The summed E-state index contributed by atoms with van der Waals surface area (Å²) in [6.45, 7) is 7.15. The predicted octanol–water partition coefficient (Wildman–Crippen LogP) is 5.48. The first-order chi connectivity index (χ1) is 22.2. The largest absolute Gasteiger partial charge is 0.497 e. The Balaban J connectivity index is 1.66. The topological polar surface area (TPSA) is 95.6 Å². The van der Waals surface area contributed by atoms with Crippen LogP contribution < -0.4 is 19.7 Å². The molecule has 0 radical (unpaired) electrons. The summed E-state index contributed by atoms with van der Waals surface area (Å²) in [5.41, 5.74) is 2.84. The van der Waals surface area contributed by atoms with Crippen LogP contribution in [0.4, 0.5) is 5.69 Å². The molecule has 2 aliphatic heterocycles. The van der Waals surface area contributed by atoms with Crippen molar-refractivity contribution in [1.29, 1.82) is 0 Å². The van der Waals surface area contributed by atoms with Crippen molar-refractivity contribution < 1.29 is 32.1 Å². The third-order valence-electron chi connectivity index (χ3n) is 9.08. The molecule has 1 fully saturated rings. The van der Waals surface area contributed by atoms with Gasteiger partial charge in [0.15, 0.2) is 0 Å². The van der Waals surface area contributed by atoms with Gasteiger partial charge in [0.1, 0.15) is 18.1 Å². The maximum Gasteiger partial charge on any atom is 0.225 e. The summed E-state index contributed by atoms with van der Waals surface area (Å²) in [7, 11) is 0.819. The minimum Gasteiger partial charge on any atom is -0.497 e. The molecule has 2 heterocycles. The Morgan fingerprint density at radius 1 is 1.00 bits per heavy atom. The van der Waals surface area contributed by atoms with Gasteiger partial charge in [-0.25, -0.2) is 8.42 Å². The van der Waals surface area contributed by atoms with E-state index in [0.717, 1.165) is 42.8 Å². The van der Waals surface area contributed by atoms with Crippen molar-refractivity contribution in [2.24, 2.45) is 0 Å². The number of sulfone groups is 1. The van der Waals surface area contributed by atoms with Gasteiger partial charge in [-0.15, -0.1) is 0 Å². The lowest BCUT2D eigenvalue weighted by Gasteiger charge is -2.41. The minimum atomic E-state index is -4.20. The molecular weight excluding hydrogens is 604 g/mol. The number of nitrogens with one attached hydrogen (secondary N) is 1. The lowest BCUT2D eigenvalue weighted by atomic mass is 9.96. The summed E-state index contributed by atoms with van der Waals surface area (Å²) in [5.74, 6) is 1.35. The van der Waals surface area contributed by atoms with E-state index in [1.807, 2.05) is 37.3 Å². The van der Waals surface area contributed by atoms with Crippen LogP contribution in [0.5, 0.6) is 11.5 Å². The number of piperidine rings is 1. The molecule has 3 aromatic rings. The molecule has 250 valence electrons. The molecule has 1 saturated heterocycles. The minimum absolute atomic E-state index is 0.125. The normalized spacial score (nSPS) is 20.3. The van der Waals surface area contributed by atoms with Crippen LogP contribution in [0.1, 0.15) is 49.3 Å². The first-order valence-electron chi connectivity index (χ1n) is 16.1. The van der Waals surface area contributed by atoms with Crippen molar-refractivity contribution in [2.75, 3.05) is 59.1 Å². The highest BCUT2D eigenvalue weighted by molar-refractivity contribution is 7.92. The molecule has 4 atom stereocenters. The highest BCUT2D eigenvalue weighted by Crippen LogP contribution is 2.47. The smallest absolute Gasteiger partial charge is 0.225 e. The van der Waals surface area contributed by atoms with E-state index >= 15 is 8.42 Å². The van der Waals surface area contributed by atoms with Gasteiger partial charge >= 0.3 is 0 Å². The number of ether oxygens (including phenoxy) is 5. The average molecular weight is 653 g/mol. The fourth-order valence-corrected chi connectivity index (χ4v) is 8.38. The molecule has 0 spiro atoms. The van der Waals surface area contributed by atoms with Gasteiger partial charge in [0.2, 0.25) is 14.8 Å². The fraction of sp³-hybridized carbons (Fsp3) is 0.500. The van der Waals surface area contributed by atoms with Crippen molar-refractivity contribution in [3.63, 3.8) is 0 Å². The molecule has 46 heavy (non-hydrogen) atoms. The van der Waals surface area contributed by atoms with Gasteiger partial charge < -0.3 is 33.9 Å². The van der Waals surface area contributed by atoms with Crippen LogP contribution in [0.15, 0.2) is 71.6 Å². The van der Waals surface area contributed by atoms with Crippen molar-refractivity contribution >= 4 is 15.5 Å². The second-order valence-corrected chi connectivity index (χ2v) is 14.3. The Hall–Kier alpha value is -3.15. The Labute approximate surface area is 274 Å². The Kier molecular flexibility index (Phi) is 11.3. The second-order valence-electron chi connectivity index (χ2n) is 12.2. The molecule has 9 nitrogen and oxygen atoms in total. The summed E-state index contributed by atoms with van der Waals surface area (Å²) in [6, 6.07) is 20.1. The van der Waals surface area contributed by atoms with Crippen LogP contribution in [0.3, 0.4) is 0 Å². The number of anilines is 1. The molecule has 0 saturated carbocycles. The molecule has 0 aromatic heterocycles. The maximum absolute atomic E-state index is 15.2. The summed E-state index contributed by atoms with van der Waals surface area (Å²) in [5, 5.41) is 3.60. The lowest BCUT2D eigenvalue weighted by molar-refractivity contribution is -0.0388. The van der Waals surface area contributed by atoms with Crippen LogP contribution in [0.25, 0.3) is 0 Å². The number of fused-ring (bicyclic) bond motifs is 1. The number of nitrogens with zero attached hydrogens (tertiary/aromatic N) is 1. The van der Waals surface area contributed by atoms with Gasteiger partial charge in [-0.1, -0.05) is 35.9 Å². The molecule has 0 bridgehead atoms. The summed E-state index contributed by atoms with van der Waals surface area (Å²) < 4.78 is 59.9. The molecule has 10 heteroatoms. The lowest BCUT2D eigenvalue weighted by Crippen LogP contribution is -2.50. The number of hydrogen-bond donors (Lipinski definition) is 1. The number of methoxy groups -OCH3 is 3. The molecule has 2 aliphatic rings. The van der Waals surface area contributed by atoms with E-state index in [9.17, 15) is 0 Å². The molecule has 1 N–H and O–H groups in total. The highest BCUT2D eigenvalue weighted by atomic mass is 32.2. The van der Waals surface area contributed by atoms with E-state index < -0.39 is 14.8 Å². The number of benzene rings is 3. The predicted molar refractivity (Wildman–Crippen MR) is 180 cm³/mol. The van der Waals surface area contributed by atoms with E-state index in [4.69, 9.17) is 23.7 Å². The monoisotopic (exact) mass is 652 g/mol. The van der Waals surface area contributed by atoms with Gasteiger partial charge in [0.05, 0.1) is 36.4 Å². The van der Waals surface area contributed by atoms with Gasteiger partial charge in [-0.3, -0.25) is 0 Å². The molecular formula is C36H48N2O7S. The van der Waals surface area contributed by atoms with E-state index in [2.05, 4.69) is 17.1 Å². The van der Waals surface area contributed by atoms with Gasteiger partial charge in [0, 0.05) is 51.1 Å². The molecule has 0 amide bonds. The van der Waals surface area contributed by atoms with Crippen molar-refractivity contribution in [2.45, 2.75) is 67.6 Å². The highest BCUT2D eigenvalue weighted by Gasteiger charge is 2.52. The fourth-order valence-electron chi connectivity index (χ4n) is 6.40. The summed E-state index contributed by atoms with van der Waals surface area (Å²) in [4.78, 5) is 0.566. The second kappa shape index (κ2) is 15.2. The quantitative estimate of drug-likeness (QED) is 0.227. The number of aryl methyl sites for hydroxylation is 1. The molecule has 2 unspecified atom stereocenters. The van der Waals surface area contributed by atoms with Crippen molar-refractivity contribution in [3.8, 4) is 11.5 Å². The average Bonchev–Trinajstić information content (AvgIpc) is 3.08. The zero-order valence-electron chi connectivity index (χ0n) is 27.7. The SMILES string of the molecule is COCCCN1CCOc2ccc(C(O[C@@H]3CC[C@H](CC(C)OC)NC3)(c3ccc(OC)cc3)S(=O)(=O)c3ccc(C)cc3)cc21. The van der Waals surface area contributed by atoms with Crippen LogP contribution in [-0.2, 0) is 29.0 Å². The van der Waals surface area contributed by atoms with E-state index in [-0.39, 0.29) is 23.1 Å². The van der Waals surface area contributed by atoms with Crippen LogP contribution in [0.2, 0.25) is 0 Å². The first-order valence-corrected chi connectivity index (χ1v) is 17.6. The Morgan fingerprint density at radius 2 is 1.74 bits per heavy atom. The third-order valence-corrected chi connectivity index (χ3v) is 11.3. The van der Waals surface area contributed by atoms with Gasteiger partial charge in [0.25, 0.3) is 0 Å². The Morgan fingerprint density at radius 3 is 2.39 bits per heavy atom. The molecule has 5 rings (SSSR count). The number of hydrogen-bond acceptors (Lipinski definition) is 9. The third kappa shape index (κ3) is 7.21. The maximum atomic E-state index is 15.2. The summed E-state index contributed by atoms with van der Waals surface area (Å²) in [6.07, 6.45) is 3.00. The summed E-state index contributed by atoms with van der Waals surface area (Å²) >= 11 is 0. The standard InChI is InChI=1S/C36H48N2O7S/c1-26-7-16-33(17-8-26)46(39,40)36(28-9-13-31(43-5)14-10-28,45-32-15-12-30(37-25-32)23-27(2)42-4)29-11-18-35-34(24-29)38(20-22-44-35)19-6-21-41-3/h7-11,13-14,16-18,24,27,30,32,37H,6,12,15,19-23,25H2,1-5H3/t27?,30-,32-,36?/m1/s1. The van der Waals surface area contributed by atoms with Crippen molar-refractivity contribution in [3.05, 3.63) is 83.4 Å². The van der Waals surface area contributed by atoms with E-state index in [0.29, 0.717) is 49.6 Å².